The molecule has 0 saturated carbocycles. The zero-order chi connectivity index (χ0) is 19.4. The molecule has 27 heavy (non-hydrogen) atoms. The summed E-state index contributed by atoms with van der Waals surface area (Å²) in [7, 11) is -2.42. The van der Waals surface area contributed by atoms with E-state index in [0.29, 0.717) is 32.7 Å². The topological polar surface area (TPSA) is 100 Å². The number of carboxylic acids is 1. The van der Waals surface area contributed by atoms with Crippen LogP contribution in [-0.4, -0.2) is 67.0 Å². The quantitative estimate of drug-likeness (QED) is 0.792. The third-order valence-electron chi connectivity index (χ3n) is 4.50. The second kappa shape index (κ2) is 8.03. The van der Waals surface area contributed by atoms with Gasteiger partial charge in [-0.15, -0.1) is 0 Å². The van der Waals surface area contributed by atoms with Crippen LogP contribution in [0.15, 0.2) is 47.6 Å². The van der Waals surface area contributed by atoms with Gasteiger partial charge >= 0.3 is 5.97 Å². The maximum Gasteiger partial charge on any atom is 0.339 e. The van der Waals surface area contributed by atoms with E-state index < -0.39 is 16.0 Å². The number of methoxy groups -OCH3 is 1. The van der Waals surface area contributed by atoms with Crippen LogP contribution in [0.25, 0.3) is 0 Å². The standard InChI is InChI=1S/C18H21N3O5S/c1-26-17-5-4-15(11-16(17)18(22)23)27(24,25)21-9-7-20(8-10-21)13-14-3-2-6-19-12-14/h2-6,11-12H,7-10,13H2,1H3,(H,22,23). The van der Waals surface area contributed by atoms with E-state index in [1.54, 1.807) is 12.4 Å². The number of carbonyl (C=O) groups is 1. The fourth-order valence-electron chi connectivity index (χ4n) is 3.04. The van der Waals surface area contributed by atoms with Crippen molar-refractivity contribution in [1.82, 2.24) is 14.2 Å². The van der Waals surface area contributed by atoms with Crippen LogP contribution in [0.1, 0.15) is 15.9 Å². The molecule has 1 aliphatic rings. The van der Waals surface area contributed by atoms with E-state index in [4.69, 9.17) is 4.74 Å². The van der Waals surface area contributed by atoms with Crippen LogP contribution in [-0.2, 0) is 16.6 Å². The Kier molecular flexibility index (Phi) is 5.73. The Morgan fingerprint density at radius 2 is 1.96 bits per heavy atom. The Morgan fingerprint density at radius 1 is 1.22 bits per heavy atom. The molecule has 1 aliphatic heterocycles. The highest BCUT2D eigenvalue weighted by molar-refractivity contribution is 7.89. The van der Waals surface area contributed by atoms with Gasteiger partial charge < -0.3 is 9.84 Å². The summed E-state index contributed by atoms with van der Waals surface area (Å²) >= 11 is 0. The summed E-state index contributed by atoms with van der Waals surface area (Å²) < 4.78 is 32.2. The highest BCUT2D eigenvalue weighted by atomic mass is 32.2. The van der Waals surface area contributed by atoms with Crippen molar-refractivity contribution in [3.05, 3.63) is 53.9 Å². The van der Waals surface area contributed by atoms with E-state index >= 15 is 0 Å². The lowest BCUT2D eigenvalue weighted by Gasteiger charge is -2.34. The van der Waals surface area contributed by atoms with Crippen LogP contribution >= 0.6 is 0 Å². The Hall–Kier alpha value is -2.49. The van der Waals surface area contributed by atoms with Crippen LogP contribution in [0.3, 0.4) is 0 Å². The molecule has 1 N–H and O–H groups in total. The first-order valence-electron chi connectivity index (χ1n) is 8.44. The molecule has 9 heteroatoms. The molecule has 2 heterocycles. The molecule has 8 nitrogen and oxygen atoms in total. The molecule has 1 aromatic heterocycles. The molecule has 0 amide bonds. The number of aromatic carboxylic acids is 1. The van der Waals surface area contributed by atoms with Gasteiger partial charge in [-0.25, -0.2) is 13.2 Å². The van der Waals surface area contributed by atoms with Gasteiger partial charge in [-0.2, -0.15) is 4.31 Å². The van der Waals surface area contributed by atoms with Gasteiger partial charge in [0.1, 0.15) is 11.3 Å². The molecule has 2 aromatic rings. The van der Waals surface area contributed by atoms with Crippen molar-refractivity contribution in [3.63, 3.8) is 0 Å². The van der Waals surface area contributed by atoms with Gasteiger partial charge in [-0.05, 0) is 29.8 Å². The molecule has 0 aliphatic carbocycles. The zero-order valence-electron chi connectivity index (χ0n) is 14.9. The van der Waals surface area contributed by atoms with Crippen LogP contribution < -0.4 is 4.74 Å². The van der Waals surface area contributed by atoms with Gasteiger partial charge in [-0.1, -0.05) is 6.07 Å². The normalized spacial score (nSPS) is 16.2. The largest absolute Gasteiger partial charge is 0.496 e. The number of hydrogen-bond donors (Lipinski definition) is 1. The van der Waals surface area contributed by atoms with Crippen LogP contribution in [0.2, 0.25) is 0 Å². The van der Waals surface area contributed by atoms with E-state index in [1.807, 2.05) is 12.1 Å². The van der Waals surface area contributed by atoms with Crippen molar-refractivity contribution in [2.24, 2.45) is 0 Å². The molecular formula is C18H21N3O5S. The van der Waals surface area contributed by atoms with Gasteiger partial charge in [0, 0.05) is 45.1 Å². The highest BCUT2D eigenvalue weighted by Crippen LogP contribution is 2.25. The lowest BCUT2D eigenvalue weighted by Crippen LogP contribution is -2.48. The number of benzene rings is 1. The van der Waals surface area contributed by atoms with Crippen LogP contribution in [0, 0.1) is 0 Å². The number of sulfonamides is 1. The van der Waals surface area contributed by atoms with Crippen molar-refractivity contribution in [3.8, 4) is 5.75 Å². The Bertz CT molecular complexity index is 910. The molecule has 1 fully saturated rings. The second-order valence-electron chi connectivity index (χ2n) is 6.21. The van der Waals surface area contributed by atoms with E-state index in [2.05, 4.69) is 9.88 Å². The number of pyridine rings is 1. The molecule has 0 radical (unpaired) electrons. The monoisotopic (exact) mass is 391 g/mol. The molecule has 1 aromatic carbocycles. The molecule has 0 spiro atoms. The Balaban J connectivity index is 1.71. The number of rotatable bonds is 6. The minimum atomic E-state index is -3.76. The zero-order valence-corrected chi connectivity index (χ0v) is 15.7. The summed E-state index contributed by atoms with van der Waals surface area (Å²) in [5.41, 5.74) is 0.906. The molecule has 3 rings (SSSR count). The average Bonchev–Trinajstić information content (AvgIpc) is 2.68. The van der Waals surface area contributed by atoms with Gasteiger partial charge in [0.15, 0.2) is 0 Å². The maximum atomic E-state index is 12.9. The first kappa shape index (κ1) is 19.3. The number of ether oxygens (including phenoxy) is 1. The third kappa shape index (κ3) is 4.26. The van der Waals surface area contributed by atoms with Crippen LogP contribution in [0.5, 0.6) is 5.75 Å². The molecule has 0 bridgehead atoms. The van der Waals surface area contributed by atoms with Crippen LogP contribution in [0.4, 0.5) is 0 Å². The lowest BCUT2D eigenvalue weighted by atomic mass is 10.2. The predicted molar refractivity (Wildman–Crippen MR) is 98.2 cm³/mol. The number of aromatic nitrogens is 1. The highest BCUT2D eigenvalue weighted by Gasteiger charge is 2.29. The Morgan fingerprint density at radius 3 is 2.56 bits per heavy atom. The van der Waals surface area contributed by atoms with Crippen molar-refractivity contribution < 1.29 is 23.1 Å². The SMILES string of the molecule is COc1ccc(S(=O)(=O)N2CCN(Cc3cccnc3)CC2)cc1C(=O)O. The van der Waals surface area contributed by atoms with Crippen molar-refractivity contribution in [1.29, 1.82) is 0 Å². The second-order valence-corrected chi connectivity index (χ2v) is 8.15. The van der Waals surface area contributed by atoms with Gasteiger partial charge in [0.05, 0.1) is 12.0 Å². The molecule has 0 unspecified atom stereocenters. The third-order valence-corrected chi connectivity index (χ3v) is 6.39. The molecule has 1 saturated heterocycles. The van der Waals surface area contributed by atoms with Crippen molar-refractivity contribution in [2.75, 3.05) is 33.3 Å². The smallest absolute Gasteiger partial charge is 0.339 e. The summed E-state index contributed by atoms with van der Waals surface area (Å²) in [5.74, 6) is -1.10. The molecular weight excluding hydrogens is 370 g/mol. The summed E-state index contributed by atoms with van der Waals surface area (Å²) in [6.07, 6.45) is 3.52. The summed E-state index contributed by atoms with van der Waals surface area (Å²) in [6.45, 7) is 2.59. The average molecular weight is 391 g/mol. The summed E-state index contributed by atoms with van der Waals surface area (Å²) in [6, 6.07) is 7.76. The number of carboxylic acid groups (broad SMARTS) is 1. The van der Waals surface area contributed by atoms with Gasteiger partial charge in [0.2, 0.25) is 10.0 Å². The first-order chi connectivity index (χ1) is 12.9. The Labute approximate surface area is 158 Å². The van der Waals surface area contributed by atoms with Gasteiger partial charge in [0.25, 0.3) is 0 Å². The number of piperazine rings is 1. The van der Waals surface area contributed by atoms with E-state index in [1.165, 1.54) is 23.5 Å². The minimum Gasteiger partial charge on any atom is -0.496 e. The van der Waals surface area contributed by atoms with E-state index in [9.17, 15) is 18.3 Å². The first-order valence-corrected chi connectivity index (χ1v) is 9.88. The number of hydrogen-bond acceptors (Lipinski definition) is 6. The predicted octanol–water partition coefficient (Wildman–Crippen LogP) is 1.29. The lowest BCUT2D eigenvalue weighted by molar-refractivity contribution is 0.0693. The summed E-state index contributed by atoms with van der Waals surface area (Å²) in [5, 5.41) is 9.27. The van der Waals surface area contributed by atoms with Gasteiger partial charge in [-0.3, -0.25) is 9.88 Å². The fourth-order valence-corrected chi connectivity index (χ4v) is 4.49. The van der Waals surface area contributed by atoms with Crippen molar-refractivity contribution >= 4 is 16.0 Å². The molecule has 144 valence electrons. The number of nitrogens with zero attached hydrogens (tertiary/aromatic N) is 3. The van der Waals surface area contributed by atoms with E-state index in [0.717, 1.165) is 11.6 Å². The minimum absolute atomic E-state index is 0.0404. The maximum absolute atomic E-state index is 12.9. The van der Waals surface area contributed by atoms with E-state index in [-0.39, 0.29) is 16.2 Å². The molecule has 0 atom stereocenters. The summed E-state index contributed by atoms with van der Waals surface area (Å²) in [4.78, 5) is 17.6. The fraction of sp³-hybridized carbons (Fsp3) is 0.333. The van der Waals surface area contributed by atoms with Crippen molar-refractivity contribution in [2.45, 2.75) is 11.4 Å².